The maximum atomic E-state index is 9.90. The van der Waals surface area contributed by atoms with E-state index in [2.05, 4.69) is 15.3 Å². The molecule has 2 N–H and O–H groups in total. The number of aromatic amines is 1. The fourth-order valence-corrected chi connectivity index (χ4v) is 3.18. The zero-order chi connectivity index (χ0) is 18.2. The van der Waals surface area contributed by atoms with E-state index in [9.17, 15) is 5.11 Å². The van der Waals surface area contributed by atoms with E-state index in [0.29, 0.717) is 4.64 Å². The number of rotatable bonds is 9. The Morgan fingerprint density at radius 2 is 1.69 bits per heavy atom. The number of hydrogen-bond acceptors (Lipinski definition) is 4. The molecule has 1 aromatic carbocycles. The second kappa shape index (κ2) is 9.29. The van der Waals surface area contributed by atoms with Crippen LogP contribution in [-0.4, -0.2) is 25.1 Å². The molecule has 0 unspecified atom stereocenters. The highest BCUT2D eigenvalue weighted by Crippen LogP contribution is 2.19. The summed E-state index contributed by atoms with van der Waals surface area (Å²) in [7, 11) is 0. The minimum atomic E-state index is 0.226. The van der Waals surface area contributed by atoms with Gasteiger partial charge < -0.3 is 10.1 Å². The number of hydrogen-bond donors (Lipinski definition) is 2. The summed E-state index contributed by atoms with van der Waals surface area (Å²) in [5, 5.41) is 18.4. The van der Waals surface area contributed by atoms with E-state index in [4.69, 9.17) is 12.2 Å². The van der Waals surface area contributed by atoms with Crippen LogP contribution in [0.3, 0.4) is 0 Å². The Labute approximate surface area is 158 Å². The molecule has 136 valence electrons. The van der Waals surface area contributed by atoms with E-state index in [0.717, 1.165) is 49.0 Å². The quantitative estimate of drug-likeness (QED) is 0.422. The number of nitrogens with one attached hydrogen (secondary N) is 1. The number of pyridine rings is 1. The van der Waals surface area contributed by atoms with Crippen molar-refractivity contribution in [3.8, 4) is 11.4 Å². The smallest absolute Gasteiger partial charge is 0.153 e. The zero-order valence-corrected chi connectivity index (χ0v) is 15.6. The van der Waals surface area contributed by atoms with Gasteiger partial charge in [-0.25, -0.2) is 4.68 Å². The molecular formula is C20H24N4OS. The average molecular weight is 369 g/mol. The number of aromatic hydroxyl groups is 1. The lowest BCUT2D eigenvalue weighted by Crippen LogP contribution is -1.93. The van der Waals surface area contributed by atoms with E-state index in [1.807, 2.05) is 47.3 Å². The van der Waals surface area contributed by atoms with Gasteiger partial charge in [0.05, 0.1) is 17.6 Å². The molecule has 2 heterocycles. The van der Waals surface area contributed by atoms with Crippen molar-refractivity contribution < 1.29 is 5.11 Å². The standard InChI is InChI=1S/C20H24N4OS/c25-19-16(13-14-21-20(19)26)9-5-2-1-3-6-10-17-15-24(23-22-17)18-11-7-4-8-12-18/h4,7-8,11-15,25H,1-3,5-6,9-10H2,(H,21,26). The van der Waals surface area contributed by atoms with Crippen LogP contribution in [0.25, 0.3) is 5.69 Å². The molecule has 0 saturated heterocycles. The van der Waals surface area contributed by atoms with Crippen molar-refractivity contribution in [1.82, 2.24) is 20.0 Å². The summed E-state index contributed by atoms with van der Waals surface area (Å²) in [6.45, 7) is 0. The van der Waals surface area contributed by atoms with Crippen molar-refractivity contribution in [3.05, 3.63) is 64.7 Å². The van der Waals surface area contributed by atoms with Gasteiger partial charge in [-0.3, -0.25) is 0 Å². The van der Waals surface area contributed by atoms with E-state index < -0.39 is 0 Å². The largest absolute Gasteiger partial charge is 0.505 e. The fraction of sp³-hybridized carbons (Fsp3) is 0.350. The first-order chi connectivity index (χ1) is 12.7. The predicted octanol–water partition coefficient (Wildman–Crippen LogP) is 4.77. The molecule has 3 rings (SSSR count). The SMILES string of the molecule is Oc1c(CCCCCCCc2cn(-c3ccccc3)nn2)cc[nH]c1=S. The first-order valence-corrected chi connectivity index (χ1v) is 9.51. The zero-order valence-electron chi connectivity index (χ0n) is 14.8. The molecule has 0 radical (unpaired) electrons. The summed E-state index contributed by atoms with van der Waals surface area (Å²) in [5.74, 6) is 0.226. The van der Waals surface area contributed by atoms with Crippen LogP contribution >= 0.6 is 12.2 Å². The van der Waals surface area contributed by atoms with Crippen molar-refractivity contribution in [1.29, 1.82) is 0 Å². The van der Waals surface area contributed by atoms with Crippen LogP contribution < -0.4 is 0 Å². The lowest BCUT2D eigenvalue weighted by Gasteiger charge is -2.04. The highest BCUT2D eigenvalue weighted by atomic mass is 32.1. The number of H-pyrrole nitrogens is 1. The molecule has 0 aliphatic carbocycles. The van der Waals surface area contributed by atoms with Gasteiger partial charge in [0.1, 0.15) is 4.64 Å². The molecule has 0 saturated carbocycles. The Balaban J connectivity index is 1.33. The molecule has 0 aliphatic heterocycles. The van der Waals surface area contributed by atoms with Crippen molar-refractivity contribution in [3.63, 3.8) is 0 Å². The topological polar surface area (TPSA) is 66.7 Å². The van der Waals surface area contributed by atoms with Crippen LogP contribution in [-0.2, 0) is 12.8 Å². The molecule has 0 amide bonds. The van der Waals surface area contributed by atoms with Crippen LogP contribution in [0.5, 0.6) is 5.75 Å². The van der Waals surface area contributed by atoms with Gasteiger partial charge in [-0.1, -0.05) is 54.9 Å². The van der Waals surface area contributed by atoms with Crippen LogP contribution in [0.4, 0.5) is 0 Å². The molecule has 26 heavy (non-hydrogen) atoms. The Morgan fingerprint density at radius 1 is 0.962 bits per heavy atom. The Hall–Kier alpha value is -2.47. The van der Waals surface area contributed by atoms with Gasteiger partial charge in [-0.15, -0.1) is 5.10 Å². The fourth-order valence-electron chi connectivity index (χ4n) is 2.98. The minimum Gasteiger partial charge on any atom is -0.505 e. The first kappa shape index (κ1) is 18.3. The number of aromatic nitrogens is 4. The highest BCUT2D eigenvalue weighted by molar-refractivity contribution is 7.71. The highest BCUT2D eigenvalue weighted by Gasteiger charge is 2.04. The minimum absolute atomic E-state index is 0.226. The lowest BCUT2D eigenvalue weighted by atomic mass is 10.0. The van der Waals surface area contributed by atoms with Gasteiger partial charge in [0.15, 0.2) is 5.75 Å². The second-order valence-corrected chi connectivity index (χ2v) is 6.85. The first-order valence-electron chi connectivity index (χ1n) is 9.10. The molecule has 0 spiro atoms. The van der Waals surface area contributed by atoms with Gasteiger partial charge in [0, 0.05) is 6.20 Å². The summed E-state index contributed by atoms with van der Waals surface area (Å²) in [4.78, 5) is 2.84. The monoisotopic (exact) mass is 368 g/mol. The number of nitrogens with zero attached hydrogens (tertiary/aromatic N) is 3. The Bertz CT molecular complexity index is 873. The summed E-state index contributed by atoms with van der Waals surface area (Å²) in [6.07, 6.45) is 11.3. The molecule has 0 atom stereocenters. The third-order valence-electron chi connectivity index (χ3n) is 4.46. The number of unbranched alkanes of at least 4 members (excludes halogenated alkanes) is 4. The maximum absolute atomic E-state index is 9.90. The second-order valence-electron chi connectivity index (χ2n) is 6.44. The van der Waals surface area contributed by atoms with Gasteiger partial charge in [-0.2, -0.15) is 0 Å². The lowest BCUT2D eigenvalue weighted by molar-refractivity contribution is 0.461. The number of benzene rings is 1. The normalized spacial score (nSPS) is 10.9. The van der Waals surface area contributed by atoms with E-state index in [1.165, 1.54) is 12.8 Å². The van der Waals surface area contributed by atoms with E-state index >= 15 is 0 Å². The summed E-state index contributed by atoms with van der Waals surface area (Å²) < 4.78 is 2.25. The number of aryl methyl sites for hydroxylation is 2. The van der Waals surface area contributed by atoms with Crippen molar-refractivity contribution >= 4 is 12.2 Å². The van der Waals surface area contributed by atoms with Gasteiger partial charge in [0.2, 0.25) is 0 Å². The summed E-state index contributed by atoms with van der Waals surface area (Å²) in [6, 6.07) is 11.9. The van der Waals surface area contributed by atoms with Crippen molar-refractivity contribution in [2.45, 2.75) is 44.9 Å². The molecular weight excluding hydrogens is 344 g/mol. The third-order valence-corrected chi connectivity index (χ3v) is 4.77. The van der Waals surface area contributed by atoms with E-state index in [1.54, 1.807) is 6.20 Å². The third kappa shape index (κ3) is 5.02. The van der Waals surface area contributed by atoms with Gasteiger partial charge in [-0.05, 0) is 49.4 Å². The molecule has 2 aromatic heterocycles. The molecule has 0 bridgehead atoms. The molecule has 0 aliphatic rings. The van der Waals surface area contributed by atoms with Crippen molar-refractivity contribution in [2.75, 3.05) is 0 Å². The summed E-state index contributed by atoms with van der Waals surface area (Å²) in [5.41, 5.74) is 3.01. The molecule has 6 heteroatoms. The molecule has 5 nitrogen and oxygen atoms in total. The van der Waals surface area contributed by atoms with Gasteiger partial charge >= 0.3 is 0 Å². The molecule has 0 fully saturated rings. The number of para-hydroxylation sites is 1. The predicted molar refractivity (Wildman–Crippen MR) is 105 cm³/mol. The van der Waals surface area contributed by atoms with Crippen LogP contribution in [0.1, 0.15) is 43.4 Å². The van der Waals surface area contributed by atoms with Crippen LogP contribution in [0, 0.1) is 4.64 Å². The maximum Gasteiger partial charge on any atom is 0.153 e. The van der Waals surface area contributed by atoms with Crippen molar-refractivity contribution in [2.24, 2.45) is 0 Å². The van der Waals surface area contributed by atoms with Crippen LogP contribution in [0.2, 0.25) is 0 Å². The molecule has 3 aromatic rings. The van der Waals surface area contributed by atoms with Gasteiger partial charge in [0.25, 0.3) is 0 Å². The summed E-state index contributed by atoms with van der Waals surface area (Å²) >= 11 is 5.04. The van der Waals surface area contributed by atoms with E-state index in [-0.39, 0.29) is 5.75 Å². The average Bonchev–Trinajstić information content (AvgIpc) is 3.14. The Kier molecular flexibility index (Phi) is 6.55. The Morgan fingerprint density at radius 3 is 2.50 bits per heavy atom. The van der Waals surface area contributed by atoms with Crippen LogP contribution in [0.15, 0.2) is 48.8 Å².